The van der Waals surface area contributed by atoms with Crippen molar-refractivity contribution in [1.29, 1.82) is 0 Å². The van der Waals surface area contributed by atoms with Gasteiger partial charge in [0.25, 0.3) is 0 Å². The molecule has 4 nitrogen and oxygen atoms in total. The van der Waals surface area contributed by atoms with Crippen LogP contribution in [0.4, 0.5) is 0 Å². The molecule has 0 radical (unpaired) electrons. The van der Waals surface area contributed by atoms with Gasteiger partial charge in [0.15, 0.2) is 0 Å². The molecule has 84 valence electrons. The number of carboxylic acid groups (broad SMARTS) is 1. The fraction of sp³-hybridized carbons (Fsp3) is 0.333. The minimum Gasteiger partial charge on any atom is -0.481 e. The number of nitrogens with zero attached hydrogens (tertiary/aromatic N) is 2. The number of benzene rings is 1. The highest BCUT2D eigenvalue weighted by atomic mass is 16.4. The van der Waals surface area contributed by atoms with Gasteiger partial charge in [-0.1, -0.05) is 19.1 Å². The van der Waals surface area contributed by atoms with Gasteiger partial charge in [0.05, 0.1) is 18.0 Å². The Kier molecular flexibility index (Phi) is 2.64. The van der Waals surface area contributed by atoms with Crippen LogP contribution >= 0.6 is 0 Å². The number of aryl methyl sites for hydroxylation is 1. The molecule has 1 atom stereocenters. The van der Waals surface area contributed by atoms with E-state index in [4.69, 9.17) is 5.11 Å². The van der Waals surface area contributed by atoms with E-state index in [0.29, 0.717) is 6.54 Å². The first-order valence-electron chi connectivity index (χ1n) is 5.23. The summed E-state index contributed by atoms with van der Waals surface area (Å²) in [6.45, 7) is 4.11. The molecule has 0 saturated heterocycles. The quantitative estimate of drug-likeness (QED) is 0.858. The molecule has 1 aromatic carbocycles. The third kappa shape index (κ3) is 1.91. The molecule has 2 rings (SSSR count). The second-order valence-electron chi connectivity index (χ2n) is 4.10. The number of hydrogen-bond acceptors (Lipinski definition) is 2. The molecule has 1 aromatic heterocycles. The van der Waals surface area contributed by atoms with Gasteiger partial charge in [-0.2, -0.15) is 5.10 Å². The third-order valence-electron chi connectivity index (χ3n) is 2.70. The zero-order chi connectivity index (χ0) is 11.7. The molecule has 0 aliphatic rings. The molecule has 4 heteroatoms. The van der Waals surface area contributed by atoms with E-state index in [-0.39, 0.29) is 0 Å². The van der Waals surface area contributed by atoms with Crippen molar-refractivity contribution in [2.24, 2.45) is 5.92 Å². The molecule has 0 aliphatic heterocycles. The highest BCUT2D eigenvalue weighted by molar-refractivity contribution is 5.81. The van der Waals surface area contributed by atoms with E-state index in [0.717, 1.165) is 16.5 Å². The first-order valence-corrected chi connectivity index (χ1v) is 5.23. The summed E-state index contributed by atoms with van der Waals surface area (Å²) in [5, 5.41) is 14.3. The Morgan fingerprint density at radius 1 is 1.56 bits per heavy atom. The predicted molar refractivity (Wildman–Crippen MR) is 61.3 cm³/mol. The molecule has 0 fully saturated rings. The number of carbonyl (C=O) groups is 1. The summed E-state index contributed by atoms with van der Waals surface area (Å²) in [6, 6.07) is 5.91. The van der Waals surface area contributed by atoms with Crippen molar-refractivity contribution in [3.8, 4) is 0 Å². The second kappa shape index (κ2) is 3.96. The molecular formula is C12H14N2O2. The fourth-order valence-electron chi connectivity index (χ4n) is 1.69. The largest absolute Gasteiger partial charge is 0.481 e. The van der Waals surface area contributed by atoms with Crippen LogP contribution in [-0.4, -0.2) is 20.9 Å². The van der Waals surface area contributed by atoms with E-state index in [1.807, 2.05) is 31.3 Å². The van der Waals surface area contributed by atoms with E-state index >= 15 is 0 Å². The van der Waals surface area contributed by atoms with Gasteiger partial charge in [-0.15, -0.1) is 0 Å². The van der Waals surface area contributed by atoms with Gasteiger partial charge < -0.3 is 5.11 Å². The Bertz CT molecular complexity index is 531. The predicted octanol–water partition coefficient (Wildman–Crippen LogP) is 2.07. The smallest absolute Gasteiger partial charge is 0.308 e. The first kappa shape index (κ1) is 10.7. The van der Waals surface area contributed by atoms with Crippen LogP contribution in [0.5, 0.6) is 0 Å². The summed E-state index contributed by atoms with van der Waals surface area (Å²) >= 11 is 0. The van der Waals surface area contributed by atoms with Crippen LogP contribution in [0.2, 0.25) is 0 Å². The molecule has 1 N–H and O–H groups in total. The Balaban J connectivity index is 2.33. The molecule has 1 unspecified atom stereocenters. The summed E-state index contributed by atoms with van der Waals surface area (Å²) in [5.41, 5.74) is 2.07. The molecular weight excluding hydrogens is 204 g/mol. The van der Waals surface area contributed by atoms with E-state index in [1.54, 1.807) is 11.6 Å². The highest BCUT2D eigenvalue weighted by Crippen LogP contribution is 2.17. The normalized spacial score (nSPS) is 12.9. The lowest BCUT2D eigenvalue weighted by Crippen LogP contribution is -2.16. The van der Waals surface area contributed by atoms with Gasteiger partial charge in [0, 0.05) is 11.6 Å². The molecule has 2 aromatic rings. The Labute approximate surface area is 93.5 Å². The van der Waals surface area contributed by atoms with Crippen LogP contribution in [-0.2, 0) is 11.3 Å². The van der Waals surface area contributed by atoms with Crippen LogP contribution in [0, 0.1) is 12.8 Å². The second-order valence-corrected chi connectivity index (χ2v) is 4.10. The Morgan fingerprint density at radius 3 is 2.94 bits per heavy atom. The zero-order valence-corrected chi connectivity index (χ0v) is 9.34. The number of aromatic nitrogens is 2. The summed E-state index contributed by atoms with van der Waals surface area (Å²) in [5.74, 6) is -1.22. The van der Waals surface area contributed by atoms with Crippen LogP contribution in [0.25, 0.3) is 10.9 Å². The van der Waals surface area contributed by atoms with Crippen molar-refractivity contribution in [3.05, 3.63) is 30.0 Å². The van der Waals surface area contributed by atoms with Crippen LogP contribution in [0.1, 0.15) is 12.5 Å². The molecule has 0 amide bonds. The maximum absolute atomic E-state index is 10.7. The van der Waals surface area contributed by atoms with Gasteiger partial charge in [-0.05, 0) is 18.6 Å². The number of aliphatic carboxylic acids is 1. The lowest BCUT2D eigenvalue weighted by atomic mass is 10.1. The van der Waals surface area contributed by atoms with Crippen molar-refractivity contribution in [2.45, 2.75) is 20.4 Å². The van der Waals surface area contributed by atoms with Gasteiger partial charge >= 0.3 is 5.97 Å². The molecule has 0 aliphatic carbocycles. The van der Waals surface area contributed by atoms with Gasteiger partial charge in [-0.25, -0.2) is 0 Å². The molecule has 0 spiro atoms. The maximum Gasteiger partial charge on any atom is 0.308 e. The van der Waals surface area contributed by atoms with Crippen LogP contribution < -0.4 is 0 Å². The van der Waals surface area contributed by atoms with E-state index in [2.05, 4.69) is 5.10 Å². The number of fused-ring (bicyclic) bond motifs is 1. The standard InChI is InChI=1S/C12H14N2O2/c1-8-4-3-5-11-10(8)7-14(13-11)6-9(2)12(15)16/h3-5,7,9H,6H2,1-2H3,(H,15,16). The highest BCUT2D eigenvalue weighted by Gasteiger charge is 2.12. The maximum atomic E-state index is 10.7. The average molecular weight is 218 g/mol. The topological polar surface area (TPSA) is 55.1 Å². The molecule has 0 bridgehead atoms. The third-order valence-corrected chi connectivity index (χ3v) is 2.70. The van der Waals surface area contributed by atoms with Crippen molar-refractivity contribution in [2.75, 3.05) is 0 Å². The van der Waals surface area contributed by atoms with Crippen LogP contribution in [0.3, 0.4) is 0 Å². The summed E-state index contributed by atoms with van der Waals surface area (Å²) < 4.78 is 1.70. The molecule has 16 heavy (non-hydrogen) atoms. The molecule has 0 saturated carbocycles. The first-order chi connectivity index (χ1) is 7.58. The minimum atomic E-state index is -0.795. The van der Waals surface area contributed by atoms with Gasteiger partial charge in [0.1, 0.15) is 0 Å². The fourth-order valence-corrected chi connectivity index (χ4v) is 1.69. The average Bonchev–Trinajstić information content (AvgIpc) is 2.61. The van der Waals surface area contributed by atoms with E-state index in [1.165, 1.54) is 0 Å². The SMILES string of the molecule is Cc1cccc2nn(CC(C)C(=O)O)cc12. The lowest BCUT2D eigenvalue weighted by molar-refractivity contribution is -0.141. The number of hydrogen-bond donors (Lipinski definition) is 1. The number of rotatable bonds is 3. The molecule has 1 heterocycles. The summed E-state index contributed by atoms with van der Waals surface area (Å²) in [7, 11) is 0. The zero-order valence-electron chi connectivity index (χ0n) is 9.34. The van der Waals surface area contributed by atoms with E-state index < -0.39 is 11.9 Å². The monoisotopic (exact) mass is 218 g/mol. The van der Waals surface area contributed by atoms with Crippen molar-refractivity contribution in [3.63, 3.8) is 0 Å². The lowest BCUT2D eigenvalue weighted by Gasteiger charge is -2.04. The van der Waals surface area contributed by atoms with Gasteiger partial charge in [0.2, 0.25) is 0 Å². The van der Waals surface area contributed by atoms with E-state index in [9.17, 15) is 4.79 Å². The Morgan fingerprint density at radius 2 is 2.31 bits per heavy atom. The summed E-state index contributed by atoms with van der Waals surface area (Å²) in [4.78, 5) is 10.7. The van der Waals surface area contributed by atoms with Crippen molar-refractivity contribution >= 4 is 16.9 Å². The van der Waals surface area contributed by atoms with Crippen LogP contribution in [0.15, 0.2) is 24.4 Å². The van der Waals surface area contributed by atoms with Crippen molar-refractivity contribution in [1.82, 2.24) is 9.78 Å². The summed E-state index contributed by atoms with van der Waals surface area (Å²) in [6.07, 6.45) is 1.91. The number of carboxylic acids is 1. The van der Waals surface area contributed by atoms with Crippen molar-refractivity contribution < 1.29 is 9.90 Å². The Hall–Kier alpha value is -1.84. The minimum absolute atomic E-state index is 0.406. The van der Waals surface area contributed by atoms with Gasteiger partial charge in [-0.3, -0.25) is 9.48 Å².